The normalized spacial score (nSPS) is 10.3. The Balaban J connectivity index is 3.16. The monoisotopic (exact) mass is 138 g/mol. The first-order chi connectivity index (χ1) is 4.72. The van der Waals surface area contributed by atoms with E-state index in [1.54, 1.807) is 0 Å². The summed E-state index contributed by atoms with van der Waals surface area (Å²) in [6, 6.07) is 1.44. The highest BCUT2D eigenvalue weighted by Crippen LogP contribution is 2.07. The van der Waals surface area contributed by atoms with Gasteiger partial charge in [0.25, 0.3) is 0 Å². The fraction of sp³-hybridized carbons (Fsp3) is 0.375. The average molecular weight is 138 g/mol. The van der Waals surface area contributed by atoms with Gasteiger partial charge in [-0.1, -0.05) is 13.8 Å². The minimum atomic E-state index is 0.0567. The van der Waals surface area contributed by atoms with Crippen LogP contribution in [0.15, 0.2) is 27.8 Å². The summed E-state index contributed by atoms with van der Waals surface area (Å²) in [7, 11) is 0. The standard InChI is InChI=1S/C8H10O2/c1-6(2)7-5-10-4-3-8(7)9/h3-6H,1-2H3. The van der Waals surface area contributed by atoms with Crippen molar-refractivity contribution < 1.29 is 4.42 Å². The highest BCUT2D eigenvalue weighted by atomic mass is 16.3. The SMILES string of the molecule is CC(C)c1coccc1=O. The minimum absolute atomic E-state index is 0.0567. The second-order valence-corrected chi connectivity index (χ2v) is 2.53. The number of rotatable bonds is 1. The van der Waals surface area contributed by atoms with Gasteiger partial charge < -0.3 is 4.42 Å². The molecule has 0 saturated heterocycles. The molecule has 54 valence electrons. The average Bonchev–Trinajstić information content (AvgIpc) is 1.88. The number of hydrogen-bond acceptors (Lipinski definition) is 2. The third-order valence-electron chi connectivity index (χ3n) is 1.40. The lowest BCUT2D eigenvalue weighted by Crippen LogP contribution is -2.06. The van der Waals surface area contributed by atoms with Gasteiger partial charge in [-0.05, 0) is 5.92 Å². The maximum absolute atomic E-state index is 11.0. The van der Waals surface area contributed by atoms with Crippen LogP contribution in [-0.4, -0.2) is 0 Å². The smallest absolute Gasteiger partial charge is 0.188 e. The lowest BCUT2D eigenvalue weighted by atomic mass is 10.1. The Hall–Kier alpha value is -1.05. The van der Waals surface area contributed by atoms with Crippen molar-refractivity contribution in [1.29, 1.82) is 0 Å². The molecule has 0 spiro atoms. The quantitative estimate of drug-likeness (QED) is 0.592. The maximum atomic E-state index is 11.0. The van der Waals surface area contributed by atoms with E-state index < -0.39 is 0 Å². The molecule has 0 fully saturated rings. The van der Waals surface area contributed by atoms with Crippen LogP contribution in [0, 0.1) is 0 Å². The van der Waals surface area contributed by atoms with Crippen molar-refractivity contribution in [3.8, 4) is 0 Å². The summed E-state index contributed by atoms with van der Waals surface area (Å²) in [5.41, 5.74) is 0.795. The Kier molecular flexibility index (Phi) is 1.90. The largest absolute Gasteiger partial charge is 0.472 e. The van der Waals surface area contributed by atoms with E-state index in [1.165, 1.54) is 18.6 Å². The molecule has 0 radical (unpaired) electrons. The molecule has 0 bridgehead atoms. The minimum Gasteiger partial charge on any atom is -0.472 e. The molecular formula is C8H10O2. The van der Waals surface area contributed by atoms with Gasteiger partial charge in [0.2, 0.25) is 0 Å². The summed E-state index contributed by atoms with van der Waals surface area (Å²) in [5, 5.41) is 0. The second-order valence-electron chi connectivity index (χ2n) is 2.53. The zero-order chi connectivity index (χ0) is 7.56. The van der Waals surface area contributed by atoms with E-state index in [1.807, 2.05) is 13.8 Å². The van der Waals surface area contributed by atoms with Gasteiger partial charge in [-0.15, -0.1) is 0 Å². The van der Waals surface area contributed by atoms with Gasteiger partial charge in [0.05, 0.1) is 12.5 Å². The Morgan fingerprint density at radius 1 is 1.50 bits per heavy atom. The fourth-order valence-corrected chi connectivity index (χ4v) is 0.789. The Morgan fingerprint density at radius 3 is 2.60 bits per heavy atom. The molecule has 1 heterocycles. The van der Waals surface area contributed by atoms with Crippen LogP contribution in [0.25, 0.3) is 0 Å². The van der Waals surface area contributed by atoms with Crippen molar-refractivity contribution in [2.45, 2.75) is 19.8 Å². The molecule has 2 heteroatoms. The molecule has 1 rings (SSSR count). The van der Waals surface area contributed by atoms with E-state index in [0.717, 1.165) is 5.56 Å². The summed E-state index contributed by atoms with van der Waals surface area (Å²) in [4.78, 5) is 11.0. The molecule has 1 aromatic heterocycles. The molecule has 1 aromatic rings. The third-order valence-corrected chi connectivity index (χ3v) is 1.40. The maximum Gasteiger partial charge on any atom is 0.188 e. The predicted octanol–water partition coefficient (Wildman–Crippen LogP) is 1.76. The van der Waals surface area contributed by atoms with Crippen molar-refractivity contribution >= 4 is 0 Å². The van der Waals surface area contributed by atoms with Crippen LogP contribution in [0.3, 0.4) is 0 Å². The lowest BCUT2D eigenvalue weighted by Gasteiger charge is -1.99. The van der Waals surface area contributed by atoms with Crippen LogP contribution in [0.5, 0.6) is 0 Å². The van der Waals surface area contributed by atoms with E-state index >= 15 is 0 Å². The second kappa shape index (κ2) is 2.69. The van der Waals surface area contributed by atoms with Gasteiger partial charge in [0.15, 0.2) is 5.43 Å². The molecule has 2 nitrogen and oxygen atoms in total. The van der Waals surface area contributed by atoms with Crippen LogP contribution in [0.4, 0.5) is 0 Å². The molecule has 0 aliphatic rings. The molecule has 0 unspecified atom stereocenters. The Labute approximate surface area is 59.5 Å². The first kappa shape index (κ1) is 7.06. The molecule has 10 heavy (non-hydrogen) atoms. The summed E-state index contributed by atoms with van der Waals surface area (Å²) < 4.78 is 4.85. The van der Waals surface area contributed by atoms with Crippen molar-refractivity contribution in [3.05, 3.63) is 34.4 Å². The van der Waals surface area contributed by atoms with Gasteiger partial charge in [-0.3, -0.25) is 4.79 Å². The van der Waals surface area contributed by atoms with E-state index in [2.05, 4.69) is 0 Å². The molecule has 0 aromatic carbocycles. The van der Waals surface area contributed by atoms with Gasteiger partial charge >= 0.3 is 0 Å². The zero-order valence-corrected chi connectivity index (χ0v) is 6.13. The van der Waals surface area contributed by atoms with Crippen molar-refractivity contribution in [3.63, 3.8) is 0 Å². The van der Waals surface area contributed by atoms with Gasteiger partial charge in [-0.2, -0.15) is 0 Å². The molecule has 0 aliphatic carbocycles. The Morgan fingerprint density at radius 2 is 2.20 bits per heavy atom. The fourth-order valence-electron chi connectivity index (χ4n) is 0.789. The van der Waals surface area contributed by atoms with E-state index in [4.69, 9.17) is 4.42 Å². The summed E-state index contributed by atoms with van der Waals surface area (Å²) in [6.45, 7) is 3.93. The van der Waals surface area contributed by atoms with Crippen molar-refractivity contribution in [1.82, 2.24) is 0 Å². The molecule has 0 N–H and O–H groups in total. The summed E-state index contributed by atoms with van der Waals surface area (Å²) in [5.74, 6) is 0.248. The third kappa shape index (κ3) is 1.26. The number of hydrogen-bond donors (Lipinski definition) is 0. The van der Waals surface area contributed by atoms with Gasteiger partial charge in [0.1, 0.15) is 0 Å². The molecule has 0 saturated carbocycles. The first-order valence-electron chi connectivity index (χ1n) is 3.28. The van der Waals surface area contributed by atoms with Crippen molar-refractivity contribution in [2.75, 3.05) is 0 Å². The Bertz CT molecular complexity index is 260. The van der Waals surface area contributed by atoms with E-state index in [-0.39, 0.29) is 11.3 Å². The summed E-state index contributed by atoms with van der Waals surface area (Å²) >= 11 is 0. The van der Waals surface area contributed by atoms with Crippen LogP contribution >= 0.6 is 0 Å². The van der Waals surface area contributed by atoms with Crippen LogP contribution < -0.4 is 5.43 Å². The molecule has 0 aliphatic heterocycles. The first-order valence-corrected chi connectivity index (χ1v) is 3.28. The van der Waals surface area contributed by atoms with E-state index in [0.29, 0.717) is 0 Å². The van der Waals surface area contributed by atoms with Gasteiger partial charge in [0, 0.05) is 11.6 Å². The van der Waals surface area contributed by atoms with E-state index in [9.17, 15) is 4.79 Å². The van der Waals surface area contributed by atoms with Crippen molar-refractivity contribution in [2.24, 2.45) is 0 Å². The van der Waals surface area contributed by atoms with Crippen LogP contribution in [-0.2, 0) is 0 Å². The van der Waals surface area contributed by atoms with Gasteiger partial charge in [-0.25, -0.2) is 0 Å². The topological polar surface area (TPSA) is 30.2 Å². The lowest BCUT2D eigenvalue weighted by molar-refractivity contribution is 0.535. The highest BCUT2D eigenvalue weighted by Gasteiger charge is 2.02. The predicted molar refractivity (Wildman–Crippen MR) is 39.1 cm³/mol. The van der Waals surface area contributed by atoms with Crippen LogP contribution in [0.2, 0.25) is 0 Å². The van der Waals surface area contributed by atoms with Crippen LogP contribution in [0.1, 0.15) is 25.3 Å². The molecule has 0 amide bonds. The molecular weight excluding hydrogens is 128 g/mol. The zero-order valence-electron chi connectivity index (χ0n) is 6.13. The summed E-state index contributed by atoms with van der Waals surface area (Å²) in [6.07, 6.45) is 2.90. The molecule has 0 atom stereocenters. The highest BCUT2D eigenvalue weighted by molar-refractivity contribution is 5.10.